The predicted molar refractivity (Wildman–Crippen MR) is 122 cm³/mol. The van der Waals surface area contributed by atoms with Crippen molar-refractivity contribution in [2.75, 3.05) is 7.11 Å². The standard InChI is InChI=1S/C26H22O7/c1-17(26(28)31-15-18-6-4-3-5-7-18)32-21-12-13-22-23(14-21)30-16-24(25(22)27)33-20-10-8-19(29-2)9-11-20/h3-14,16-17H,15H2,1-2H3. The van der Waals surface area contributed by atoms with Gasteiger partial charge in [0.2, 0.25) is 11.2 Å². The molecule has 0 aliphatic carbocycles. The molecular formula is C26H22O7. The van der Waals surface area contributed by atoms with Crippen LogP contribution in [0.3, 0.4) is 0 Å². The van der Waals surface area contributed by atoms with Crippen molar-refractivity contribution in [2.45, 2.75) is 19.6 Å². The van der Waals surface area contributed by atoms with Gasteiger partial charge in [0.15, 0.2) is 6.10 Å². The average Bonchev–Trinajstić information content (AvgIpc) is 2.85. The van der Waals surface area contributed by atoms with Gasteiger partial charge in [-0.1, -0.05) is 30.3 Å². The van der Waals surface area contributed by atoms with Crippen molar-refractivity contribution in [3.05, 3.63) is 94.8 Å². The van der Waals surface area contributed by atoms with E-state index in [-0.39, 0.29) is 17.8 Å². The minimum absolute atomic E-state index is 0.0548. The molecule has 0 spiro atoms. The summed E-state index contributed by atoms with van der Waals surface area (Å²) in [6.07, 6.45) is 0.409. The van der Waals surface area contributed by atoms with Crippen LogP contribution >= 0.6 is 0 Å². The molecular weight excluding hydrogens is 424 g/mol. The molecule has 4 aromatic rings. The molecule has 1 atom stereocenters. The van der Waals surface area contributed by atoms with E-state index < -0.39 is 12.1 Å². The highest BCUT2D eigenvalue weighted by atomic mass is 16.6. The van der Waals surface area contributed by atoms with Crippen molar-refractivity contribution in [1.82, 2.24) is 0 Å². The largest absolute Gasteiger partial charge is 0.497 e. The number of hydrogen-bond donors (Lipinski definition) is 0. The SMILES string of the molecule is COc1ccc(Oc2coc3cc(OC(C)C(=O)OCc4ccccc4)ccc3c2=O)cc1. The van der Waals surface area contributed by atoms with E-state index in [9.17, 15) is 9.59 Å². The Morgan fingerprint density at radius 1 is 0.939 bits per heavy atom. The lowest BCUT2D eigenvalue weighted by Crippen LogP contribution is -2.26. The summed E-state index contributed by atoms with van der Waals surface area (Å²) in [4.78, 5) is 25.0. The fourth-order valence-corrected chi connectivity index (χ4v) is 3.10. The Hall–Kier alpha value is -4.26. The Morgan fingerprint density at radius 2 is 1.64 bits per heavy atom. The monoisotopic (exact) mass is 446 g/mol. The first kappa shape index (κ1) is 22.0. The molecule has 0 aliphatic rings. The lowest BCUT2D eigenvalue weighted by Gasteiger charge is -2.14. The Morgan fingerprint density at radius 3 is 2.36 bits per heavy atom. The number of carbonyl (C=O) groups is 1. The Labute approximate surface area is 190 Å². The van der Waals surface area contributed by atoms with Crippen LogP contribution in [0.2, 0.25) is 0 Å². The van der Waals surface area contributed by atoms with Crippen molar-refractivity contribution >= 4 is 16.9 Å². The molecule has 0 radical (unpaired) electrons. The highest BCUT2D eigenvalue weighted by Crippen LogP contribution is 2.25. The topological polar surface area (TPSA) is 84.2 Å². The zero-order valence-corrected chi connectivity index (χ0v) is 18.1. The van der Waals surface area contributed by atoms with Crippen LogP contribution in [0.1, 0.15) is 12.5 Å². The molecule has 0 amide bonds. The minimum atomic E-state index is -0.837. The molecule has 1 aromatic heterocycles. The van der Waals surface area contributed by atoms with Crippen molar-refractivity contribution in [1.29, 1.82) is 0 Å². The number of fused-ring (bicyclic) bond motifs is 1. The Balaban J connectivity index is 1.43. The normalized spacial score (nSPS) is 11.6. The van der Waals surface area contributed by atoms with Gasteiger partial charge in [0.1, 0.15) is 35.7 Å². The van der Waals surface area contributed by atoms with E-state index in [0.717, 1.165) is 5.56 Å². The van der Waals surface area contributed by atoms with E-state index in [2.05, 4.69) is 0 Å². The summed E-state index contributed by atoms with van der Waals surface area (Å²) in [5.74, 6) is 1.09. The summed E-state index contributed by atoms with van der Waals surface area (Å²) in [6.45, 7) is 1.76. The highest BCUT2D eigenvalue weighted by Gasteiger charge is 2.18. The van der Waals surface area contributed by atoms with Crippen LogP contribution in [0.4, 0.5) is 0 Å². The number of benzene rings is 3. The molecule has 0 bridgehead atoms. The average molecular weight is 446 g/mol. The second-order valence-electron chi connectivity index (χ2n) is 7.22. The van der Waals surface area contributed by atoms with Gasteiger partial charge in [-0.3, -0.25) is 4.79 Å². The first-order valence-electron chi connectivity index (χ1n) is 10.3. The summed E-state index contributed by atoms with van der Waals surface area (Å²) in [5.41, 5.74) is 0.872. The van der Waals surface area contributed by atoms with Gasteiger partial charge < -0.3 is 23.4 Å². The molecule has 33 heavy (non-hydrogen) atoms. The number of carbonyl (C=O) groups excluding carboxylic acids is 1. The van der Waals surface area contributed by atoms with Gasteiger partial charge in [0.05, 0.1) is 12.5 Å². The number of ether oxygens (including phenoxy) is 4. The number of rotatable bonds is 8. The van der Waals surface area contributed by atoms with E-state index in [1.54, 1.807) is 56.5 Å². The van der Waals surface area contributed by atoms with E-state index in [1.807, 2.05) is 30.3 Å². The second kappa shape index (κ2) is 9.91. The molecule has 0 saturated heterocycles. The minimum Gasteiger partial charge on any atom is -0.497 e. The van der Waals surface area contributed by atoms with Crippen LogP contribution < -0.4 is 19.6 Å². The third kappa shape index (κ3) is 5.33. The maximum absolute atomic E-state index is 12.8. The van der Waals surface area contributed by atoms with Crippen LogP contribution in [0.5, 0.6) is 23.0 Å². The van der Waals surface area contributed by atoms with E-state index in [1.165, 1.54) is 6.26 Å². The zero-order valence-electron chi connectivity index (χ0n) is 18.1. The van der Waals surface area contributed by atoms with Crippen molar-refractivity contribution in [3.8, 4) is 23.0 Å². The number of esters is 1. The molecule has 4 rings (SSSR count). The molecule has 0 fully saturated rings. The molecule has 1 heterocycles. The fourth-order valence-electron chi connectivity index (χ4n) is 3.10. The van der Waals surface area contributed by atoms with Crippen molar-refractivity contribution in [3.63, 3.8) is 0 Å². The quantitative estimate of drug-likeness (QED) is 0.348. The van der Waals surface area contributed by atoms with Gasteiger partial charge >= 0.3 is 5.97 Å². The summed E-state index contributed by atoms with van der Waals surface area (Å²) in [7, 11) is 1.57. The van der Waals surface area contributed by atoms with Crippen LogP contribution in [0, 0.1) is 0 Å². The first-order chi connectivity index (χ1) is 16.0. The van der Waals surface area contributed by atoms with Gasteiger partial charge in [0.25, 0.3) is 0 Å². The van der Waals surface area contributed by atoms with Crippen LogP contribution in [-0.4, -0.2) is 19.2 Å². The van der Waals surface area contributed by atoms with E-state index in [4.69, 9.17) is 23.4 Å². The molecule has 0 saturated carbocycles. The van der Waals surface area contributed by atoms with Gasteiger partial charge in [-0.15, -0.1) is 0 Å². The van der Waals surface area contributed by atoms with Gasteiger partial charge in [-0.2, -0.15) is 0 Å². The molecule has 168 valence electrons. The second-order valence-corrected chi connectivity index (χ2v) is 7.22. The molecule has 1 unspecified atom stereocenters. The van der Waals surface area contributed by atoms with Crippen molar-refractivity contribution in [2.24, 2.45) is 0 Å². The summed E-state index contributed by atoms with van der Waals surface area (Å²) in [5, 5.41) is 0.327. The molecule has 7 heteroatoms. The van der Waals surface area contributed by atoms with E-state index in [0.29, 0.717) is 28.2 Å². The van der Waals surface area contributed by atoms with Gasteiger partial charge in [-0.25, -0.2) is 4.79 Å². The maximum Gasteiger partial charge on any atom is 0.347 e. The van der Waals surface area contributed by atoms with Crippen LogP contribution in [-0.2, 0) is 16.1 Å². The third-order valence-corrected chi connectivity index (χ3v) is 4.87. The van der Waals surface area contributed by atoms with E-state index >= 15 is 0 Å². The Bertz CT molecular complexity index is 1290. The highest BCUT2D eigenvalue weighted by molar-refractivity contribution is 5.79. The molecule has 0 N–H and O–H groups in total. The van der Waals surface area contributed by atoms with Gasteiger partial charge in [0, 0.05) is 6.07 Å². The maximum atomic E-state index is 12.8. The summed E-state index contributed by atoms with van der Waals surface area (Å²) in [6, 6.07) is 20.9. The molecule has 3 aromatic carbocycles. The third-order valence-electron chi connectivity index (χ3n) is 4.87. The lowest BCUT2D eigenvalue weighted by atomic mass is 10.2. The molecule has 7 nitrogen and oxygen atoms in total. The fraction of sp³-hybridized carbons (Fsp3) is 0.154. The van der Waals surface area contributed by atoms with Gasteiger partial charge in [-0.05, 0) is 48.9 Å². The lowest BCUT2D eigenvalue weighted by molar-refractivity contribution is -0.152. The zero-order chi connectivity index (χ0) is 23.2. The number of methoxy groups -OCH3 is 1. The number of hydrogen-bond acceptors (Lipinski definition) is 7. The predicted octanol–water partition coefficient (Wildman–Crippen LogP) is 5.10. The van der Waals surface area contributed by atoms with Crippen molar-refractivity contribution < 1.29 is 28.2 Å². The summed E-state index contributed by atoms with van der Waals surface area (Å²) >= 11 is 0. The summed E-state index contributed by atoms with van der Waals surface area (Å²) < 4.78 is 27.3. The smallest absolute Gasteiger partial charge is 0.347 e. The Kier molecular flexibility index (Phi) is 6.59. The van der Waals surface area contributed by atoms with Crippen LogP contribution in [0.25, 0.3) is 11.0 Å². The van der Waals surface area contributed by atoms with Crippen LogP contribution in [0.15, 0.2) is 88.3 Å². The first-order valence-corrected chi connectivity index (χ1v) is 10.3. The molecule has 0 aliphatic heterocycles.